The molecule has 116 valence electrons. The molecule has 1 atom stereocenters. The van der Waals surface area contributed by atoms with E-state index in [0.29, 0.717) is 5.69 Å². The highest BCUT2D eigenvalue weighted by Crippen LogP contribution is 2.11. The van der Waals surface area contributed by atoms with Crippen LogP contribution in [0.1, 0.15) is 12.5 Å². The summed E-state index contributed by atoms with van der Waals surface area (Å²) < 4.78 is 26.7. The first-order valence-corrected chi connectivity index (χ1v) is 8.32. The topological polar surface area (TPSA) is 75.3 Å². The Morgan fingerprint density at radius 3 is 2.18 bits per heavy atom. The van der Waals surface area contributed by atoms with Crippen LogP contribution in [0.5, 0.6) is 0 Å². The van der Waals surface area contributed by atoms with Gasteiger partial charge in [-0.15, -0.1) is 0 Å². The van der Waals surface area contributed by atoms with Crippen LogP contribution in [0, 0.1) is 6.92 Å². The minimum Gasteiger partial charge on any atom is -0.325 e. The zero-order valence-corrected chi connectivity index (χ0v) is 13.2. The monoisotopic (exact) mass is 318 g/mol. The van der Waals surface area contributed by atoms with E-state index >= 15 is 0 Å². The largest absolute Gasteiger partial charge is 0.325 e. The predicted octanol–water partition coefficient (Wildman–Crippen LogP) is 2.30. The minimum atomic E-state index is -3.71. The highest BCUT2D eigenvalue weighted by molar-refractivity contribution is 7.89. The lowest BCUT2D eigenvalue weighted by atomic mass is 10.2. The first-order chi connectivity index (χ1) is 10.4. The highest BCUT2D eigenvalue weighted by atomic mass is 32.2. The molecule has 0 aliphatic carbocycles. The molecule has 2 rings (SSSR count). The Labute approximate surface area is 130 Å². The van der Waals surface area contributed by atoms with Gasteiger partial charge in [0.15, 0.2) is 0 Å². The van der Waals surface area contributed by atoms with Crippen molar-refractivity contribution < 1.29 is 13.2 Å². The van der Waals surface area contributed by atoms with Crippen LogP contribution in [0.15, 0.2) is 59.5 Å². The molecule has 2 aromatic carbocycles. The van der Waals surface area contributed by atoms with Crippen molar-refractivity contribution >= 4 is 21.6 Å². The number of carbonyl (C=O) groups is 1. The molecule has 0 aliphatic rings. The number of aryl methyl sites for hydroxylation is 1. The fraction of sp³-hybridized carbons (Fsp3) is 0.188. The summed E-state index contributed by atoms with van der Waals surface area (Å²) in [5.41, 5.74) is 1.71. The van der Waals surface area contributed by atoms with Crippen molar-refractivity contribution in [2.45, 2.75) is 24.8 Å². The van der Waals surface area contributed by atoms with Crippen molar-refractivity contribution in [2.75, 3.05) is 5.32 Å². The number of sulfonamides is 1. The quantitative estimate of drug-likeness (QED) is 0.888. The molecule has 6 heteroatoms. The zero-order chi connectivity index (χ0) is 16.2. The SMILES string of the molecule is Cc1ccc(NC(=O)C(C)NS(=O)(=O)c2ccccc2)cc1. The van der Waals surface area contributed by atoms with E-state index in [1.54, 1.807) is 30.3 Å². The van der Waals surface area contributed by atoms with Gasteiger partial charge in [0.2, 0.25) is 15.9 Å². The number of anilines is 1. The van der Waals surface area contributed by atoms with Crippen molar-refractivity contribution in [1.29, 1.82) is 0 Å². The van der Waals surface area contributed by atoms with Crippen LogP contribution in [0.2, 0.25) is 0 Å². The maximum atomic E-state index is 12.2. The third-order valence-corrected chi connectivity index (χ3v) is 4.65. The van der Waals surface area contributed by atoms with Gasteiger partial charge in [0, 0.05) is 5.69 Å². The van der Waals surface area contributed by atoms with Crippen molar-refractivity contribution in [3.05, 3.63) is 60.2 Å². The fourth-order valence-electron chi connectivity index (χ4n) is 1.84. The molecule has 0 heterocycles. The van der Waals surface area contributed by atoms with Crippen LogP contribution in [-0.2, 0) is 14.8 Å². The molecule has 5 nitrogen and oxygen atoms in total. The van der Waals surface area contributed by atoms with Crippen LogP contribution >= 0.6 is 0 Å². The lowest BCUT2D eigenvalue weighted by molar-refractivity contribution is -0.117. The molecule has 1 unspecified atom stereocenters. The first kappa shape index (κ1) is 16.2. The number of carbonyl (C=O) groups excluding carboxylic acids is 1. The summed E-state index contributed by atoms with van der Waals surface area (Å²) in [6.07, 6.45) is 0. The molecule has 0 aliphatic heterocycles. The van der Waals surface area contributed by atoms with Gasteiger partial charge in [-0.05, 0) is 38.1 Å². The van der Waals surface area contributed by atoms with Gasteiger partial charge in [-0.25, -0.2) is 8.42 Å². The van der Waals surface area contributed by atoms with Crippen LogP contribution < -0.4 is 10.0 Å². The van der Waals surface area contributed by atoms with Crippen LogP contribution in [-0.4, -0.2) is 20.4 Å². The highest BCUT2D eigenvalue weighted by Gasteiger charge is 2.21. The van der Waals surface area contributed by atoms with Crippen LogP contribution in [0.3, 0.4) is 0 Å². The third-order valence-electron chi connectivity index (χ3n) is 3.10. The first-order valence-electron chi connectivity index (χ1n) is 6.83. The van der Waals surface area contributed by atoms with Crippen molar-refractivity contribution in [3.8, 4) is 0 Å². The Hall–Kier alpha value is -2.18. The van der Waals surface area contributed by atoms with Crippen molar-refractivity contribution in [3.63, 3.8) is 0 Å². The summed E-state index contributed by atoms with van der Waals surface area (Å²) in [4.78, 5) is 12.2. The van der Waals surface area contributed by atoms with E-state index in [1.807, 2.05) is 19.1 Å². The summed E-state index contributed by atoms with van der Waals surface area (Å²) >= 11 is 0. The molecule has 0 saturated carbocycles. The normalized spacial score (nSPS) is 12.6. The third kappa shape index (κ3) is 4.16. The van der Waals surface area contributed by atoms with Crippen LogP contribution in [0.25, 0.3) is 0 Å². The predicted molar refractivity (Wildman–Crippen MR) is 86.0 cm³/mol. The van der Waals surface area contributed by atoms with Gasteiger partial charge in [0.1, 0.15) is 0 Å². The second kappa shape index (κ2) is 6.72. The lowest BCUT2D eigenvalue weighted by Crippen LogP contribution is -2.41. The molecule has 0 aromatic heterocycles. The van der Waals surface area contributed by atoms with E-state index < -0.39 is 22.0 Å². The molecular weight excluding hydrogens is 300 g/mol. The number of benzene rings is 2. The summed E-state index contributed by atoms with van der Waals surface area (Å²) in [5.74, 6) is -0.414. The lowest BCUT2D eigenvalue weighted by Gasteiger charge is -2.14. The maximum absolute atomic E-state index is 12.2. The number of rotatable bonds is 5. The Balaban J connectivity index is 2.04. The summed E-state index contributed by atoms with van der Waals surface area (Å²) in [7, 11) is -3.71. The fourth-order valence-corrected chi connectivity index (χ4v) is 3.07. The average molecular weight is 318 g/mol. The maximum Gasteiger partial charge on any atom is 0.242 e. The van der Waals surface area contributed by atoms with Gasteiger partial charge < -0.3 is 5.32 Å². The smallest absolute Gasteiger partial charge is 0.242 e. The van der Waals surface area contributed by atoms with E-state index in [1.165, 1.54) is 19.1 Å². The second-order valence-electron chi connectivity index (χ2n) is 5.01. The Morgan fingerprint density at radius 2 is 1.59 bits per heavy atom. The van der Waals surface area contributed by atoms with Gasteiger partial charge in [0.05, 0.1) is 10.9 Å². The zero-order valence-electron chi connectivity index (χ0n) is 12.4. The molecule has 22 heavy (non-hydrogen) atoms. The molecule has 2 N–H and O–H groups in total. The van der Waals surface area contributed by atoms with E-state index in [2.05, 4.69) is 10.0 Å². The summed E-state index contributed by atoms with van der Waals surface area (Å²) in [6, 6.07) is 14.3. The molecule has 2 aromatic rings. The molecular formula is C16H18N2O3S. The standard InChI is InChI=1S/C16H18N2O3S/c1-12-8-10-14(11-9-12)17-16(19)13(2)18-22(20,21)15-6-4-3-5-7-15/h3-11,13,18H,1-2H3,(H,17,19). The van der Waals surface area contributed by atoms with E-state index in [-0.39, 0.29) is 4.90 Å². The molecule has 0 radical (unpaired) electrons. The van der Waals surface area contributed by atoms with Gasteiger partial charge in [-0.3, -0.25) is 4.79 Å². The van der Waals surface area contributed by atoms with Crippen LogP contribution in [0.4, 0.5) is 5.69 Å². The number of hydrogen-bond acceptors (Lipinski definition) is 3. The van der Waals surface area contributed by atoms with Gasteiger partial charge in [-0.1, -0.05) is 35.9 Å². The van der Waals surface area contributed by atoms with Crippen molar-refractivity contribution in [2.24, 2.45) is 0 Å². The van der Waals surface area contributed by atoms with Gasteiger partial charge in [-0.2, -0.15) is 4.72 Å². The van der Waals surface area contributed by atoms with Crippen molar-refractivity contribution in [1.82, 2.24) is 4.72 Å². The minimum absolute atomic E-state index is 0.130. The molecule has 1 amide bonds. The molecule has 0 bridgehead atoms. The average Bonchev–Trinajstić information content (AvgIpc) is 2.50. The molecule has 0 saturated heterocycles. The van der Waals surface area contributed by atoms with E-state index in [9.17, 15) is 13.2 Å². The van der Waals surface area contributed by atoms with Gasteiger partial charge >= 0.3 is 0 Å². The number of amides is 1. The Bertz CT molecular complexity index is 741. The summed E-state index contributed by atoms with van der Waals surface area (Å²) in [5, 5.41) is 2.68. The molecule has 0 spiro atoms. The number of nitrogens with one attached hydrogen (secondary N) is 2. The second-order valence-corrected chi connectivity index (χ2v) is 6.73. The van der Waals surface area contributed by atoms with E-state index in [4.69, 9.17) is 0 Å². The Morgan fingerprint density at radius 1 is 1.00 bits per heavy atom. The number of hydrogen-bond donors (Lipinski definition) is 2. The van der Waals surface area contributed by atoms with E-state index in [0.717, 1.165) is 5.56 Å². The van der Waals surface area contributed by atoms with Gasteiger partial charge in [0.25, 0.3) is 0 Å². The molecule has 0 fully saturated rings. The summed E-state index contributed by atoms with van der Waals surface area (Å²) in [6.45, 7) is 3.45. The Kier molecular flexibility index (Phi) is 4.95.